The lowest BCUT2D eigenvalue weighted by Gasteiger charge is -2.34. The number of hydrogen-bond donors (Lipinski definition) is 1. The van der Waals surface area contributed by atoms with Crippen molar-refractivity contribution in [3.63, 3.8) is 0 Å². The first-order chi connectivity index (χ1) is 13.2. The Morgan fingerprint density at radius 3 is 2.26 bits per heavy atom. The van der Waals surface area contributed by atoms with Gasteiger partial charge in [-0.25, -0.2) is 0 Å². The van der Waals surface area contributed by atoms with Gasteiger partial charge in [0.2, 0.25) is 0 Å². The highest BCUT2D eigenvalue weighted by Gasteiger charge is 2.16. The molecule has 0 spiro atoms. The molecular formula is C22H29N3O2. The van der Waals surface area contributed by atoms with E-state index in [1.165, 1.54) is 11.1 Å². The minimum atomic E-state index is -0.106. The number of para-hydroxylation sites is 1. The minimum Gasteiger partial charge on any atom is -0.484 e. The van der Waals surface area contributed by atoms with Crippen molar-refractivity contribution in [2.75, 3.05) is 39.3 Å². The minimum absolute atomic E-state index is 0.0329. The van der Waals surface area contributed by atoms with Crippen molar-refractivity contribution in [1.82, 2.24) is 15.1 Å². The van der Waals surface area contributed by atoms with Crippen LogP contribution in [-0.2, 0) is 17.9 Å². The molecule has 1 aliphatic rings. The van der Waals surface area contributed by atoms with Gasteiger partial charge in [0.15, 0.2) is 6.61 Å². The molecule has 0 aliphatic carbocycles. The topological polar surface area (TPSA) is 44.8 Å². The number of ether oxygens (including phenoxy) is 1. The molecular weight excluding hydrogens is 338 g/mol. The Kier molecular flexibility index (Phi) is 7.25. The molecule has 144 valence electrons. The van der Waals surface area contributed by atoms with Crippen molar-refractivity contribution in [1.29, 1.82) is 0 Å². The number of amides is 1. The second kappa shape index (κ2) is 10.1. The van der Waals surface area contributed by atoms with E-state index in [9.17, 15) is 4.79 Å². The van der Waals surface area contributed by atoms with Crippen LogP contribution < -0.4 is 10.1 Å². The summed E-state index contributed by atoms with van der Waals surface area (Å²) in [7, 11) is 0. The maximum absolute atomic E-state index is 12.1. The molecule has 1 aliphatic heterocycles. The lowest BCUT2D eigenvalue weighted by Crippen LogP contribution is -2.45. The third kappa shape index (κ3) is 6.08. The van der Waals surface area contributed by atoms with E-state index in [1.54, 1.807) is 0 Å². The molecule has 2 aromatic carbocycles. The summed E-state index contributed by atoms with van der Waals surface area (Å²) in [5.74, 6) is 0.601. The first-order valence-corrected chi connectivity index (χ1v) is 9.70. The number of benzene rings is 2. The fraction of sp³-hybridized carbons (Fsp3) is 0.409. The fourth-order valence-corrected chi connectivity index (χ4v) is 3.30. The van der Waals surface area contributed by atoms with Crippen molar-refractivity contribution in [3.05, 3.63) is 65.7 Å². The third-order valence-electron chi connectivity index (χ3n) is 5.01. The van der Waals surface area contributed by atoms with Gasteiger partial charge in [-0.2, -0.15) is 0 Å². The number of nitrogens with zero attached hydrogens (tertiary/aromatic N) is 2. The summed E-state index contributed by atoms with van der Waals surface area (Å²) in [6.07, 6.45) is 0. The average molecular weight is 367 g/mol. The molecule has 3 rings (SSSR count). The molecule has 0 bridgehead atoms. The molecule has 0 unspecified atom stereocenters. The molecule has 1 heterocycles. The van der Waals surface area contributed by atoms with Crippen molar-refractivity contribution < 1.29 is 9.53 Å². The predicted molar refractivity (Wildman–Crippen MR) is 108 cm³/mol. The van der Waals surface area contributed by atoms with Gasteiger partial charge in [0.1, 0.15) is 5.75 Å². The largest absolute Gasteiger partial charge is 0.484 e. The number of nitrogens with one attached hydrogen (secondary N) is 1. The van der Waals surface area contributed by atoms with Crippen LogP contribution >= 0.6 is 0 Å². The number of hydrogen-bond acceptors (Lipinski definition) is 4. The van der Waals surface area contributed by atoms with Crippen molar-refractivity contribution in [2.24, 2.45) is 0 Å². The molecule has 5 heteroatoms. The third-order valence-corrected chi connectivity index (χ3v) is 5.01. The van der Waals surface area contributed by atoms with Crippen LogP contribution in [0, 0.1) is 0 Å². The Balaban J connectivity index is 1.48. The van der Waals surface area contributed by atoms with Gasteiger partial charge in [-0.15, -0.1) is 0 Å². The van der Waals surface area contributed by atoms with Gasteiger partial charge in [-0.1, -0.05) is 49.4 Å². The van der Waals surface area contributed by atoms with E-state index >= 15 is 0 Å². The van der Waals surface area contributed by atoms with E-state index in [0.717, 1.165) is 39.3 Å². The molecule has 27 heavy (non-hydrogen) atoms. The van der Waals surface area contributed by atoms with Crippen LogP contribution in [0.3, 0.4) is 0 Å². The molecule has 1 saturated heterocycles. The summed E-state index contributed by atoms with van der Waals surface area (Å²) in [4.78, 5) is 17.1. The number of carbonyl (C=O) groups is 1. The molecule has 1 N–H and O–H groups in total. The summed E-state index contributed by atoms with van der Waals surface area (Å²) in [6, 6.07) is 17.8. The first-order valence-electron chi connectivity index (χ1n) is 9.70. The van der Waals surface area contributed by atoms with Crippen LogP contribution in [0.15, 0.2) is 54.6 Å². The maximum atomic E-state index is 12.1. The van der Waals surface area contributed by atoms with E-state index < -0.39 is 0 Å². The highest BCUT2D eigenvalue weighted by molar-refractivity contribution is 5.77. The SMILES string of the molecule is CCN1CCN(Cc2ccccc2CNC(=O)COc2ccccc2)CC1. The molecule has 5 nitrogen and oxygen atoms in total. The van der Waals surface area contributed by atoms with E-state index in [-0.39, 0.29) is 12.5 Å². The Hall–Kier alpha value is -2.37. The first kappa shape index (κ1) is 19.4. The summed E-state index contributed by atoms with van der Waals surface area (Å²) in [5, 5.41) is 2.97. The van der Waals surface area contributed by atoms with E-state index in [0.29, 0.717) is 12.3 Å². The summed E-state index contributed by atoms with van der Waals surface area (Å²) in [6.45, 7) is 9.30. The van der Waals surface area contributed by atoms with E-state index in [2.05, 4.69) is 40.2 Å². The molecule has 0 saturated carbocycles. The Morgan fingerprint density at radius 2 is 1.56 bits per heavy atom. The standard InChI is InChI=1S/C22H29N3O2/c1-2-24-12-14-25(15-13-24)17-20-9-7-6-8-19(20)16-23-22(26)18-27-21-10-4-3-5-11-21/h3-11H,2,12-18H2,1H3,(H,23,26). The second-order valence-electron chi connectivity index (χ2n) is 6.86. The Labute approximate surface area is 161 Å². The van der Waals surface area contributed by atoms with E-state index in [1.807, 2.05) is 36.4 Å². The summed E-state index contributed by atoms with van der Waals surface area (Å²) in [5.41, 5.74) is 2.45. The highest BCUT2D eigenvalue weighted by atomic mass is 16.5. The second-order valence-corrected chi connectivity index (χ2v) is 6.86. The predicted octanol–water partition coefficient (Wildman–Crippen LogP) is 2.52. The summed E-state index contributed by atoms with van der Waals surface area (Å²) < 4.78 is 5.50. The molecule has 0 aromatic heterocycles. The molecule has 0 atom stereocenters. The van der Waals surface area contributed by atoms with Gasteiger partial charge in [0.05, 0.1) is 0 Å². The monoisotopic (exact) mass is 367 g/mol. The fourth-order valence-electron chi connectivity index (χ4n) is 3.30. The van der Waals surface area contributed by atoms with Gasteiger partial charge >= 0.3 is 0 Å². The maximum Gasteiger partial charge on any atom is 0.258 e. The number of carbonyl (C=O) groups excluding carboxylic acids is 1. The van der Waals surface area contributed by atoms with Crippen LogP contribution in [-0.4, -0.2) is 55.0 Å². The van der Waals surface area contributed by atoms with Crippen LogP contribution in [0.1, 0.15) is 18.1 Å². The van der Waals surface area contributed by atoms with Gasteiger partial charge < -0.3 is 15.0 Å². The number of likely N-dealkylation sites (N-methyl/N-ethyl adjacent to an activating group) is 1. The van der Waals surface area contributed by atoms with Gasteiger partial charge in [-0.3, -0.25) is 9.69 Å². The normalized spacial score (nSPS) is 15.4. The van der Waals surface area contributed by atoms with Crippen molar-refractivity contribution in [2.45, 2.75) is 20.0 Å². The highest BCUT2D eigenvalue weighted by Crippen LogP contribution is 2.14. The van der Waals surface area contributed by atoms with E-state index in [4.69, 9.17) is 4.74 Å². The van der Waals surface area contributed by atoms with Gasteiger partial charge in [0, 0.05) is 39.3 Å². The van der Waals surface area contributed by atoms with Crippen LogP contribution in [0.2, 0.25) is 0 Å². The Morgan fingerprint density at radius 1 is 0.926 bits per heavy atom. The number of piperazine rings is 1. The average Bonchev–Trinajstić information content (AvgIpc) is 2.73. The molecule has 0 radical (unpaired) electrons. The lowest BCUT2D eigenvalue weighted by atomic mass is 10.1. The molecule has 1 amide bonds. The van der Waals surface area contributed by atoms with Crippen LogP contribution in [0.4, 0.5) is 0 Å². The molecule has 1 fully saturated rings. The summed E-state index contributed by atoms with van der Waals surface area (Å²) >= 11 is 0. The van der Waals surface area contributed by atoms with Crippen molar-refractivity contribution in [3.8, 4) is 5.75 Å². The van der Waals surface area contributed by atoms with Crippen LogP contribution in [0.5, 0.6) is 5.75 Å². The zero-order chi connectivity index (χ0) is 18.9. The quantitative estimate of drug-likeness (QED) is 0.779. The van der Waals surface area contributed by atoms with Gasteiger partial charge in [-0.05, 0) is 29.8 Å². The lowest BCUT2D eigenvalue weighted by molar-refractivity contribution is -0.123. The van der Waals surface area contributed by atoms with Crippen molar-refractivity contribution >= 4 is 5.91 Å². The van der Waals surface area contributed by atoms with Gasteiger partial charge in [0.25, 0.3) is 5.91 Å². The zero-order valence-corrected chi connectivity index (χ0v) is 16.1. The zero-order valence-electron chi connectivity index (χ0n) is 16.1. The number of rotatable bonds is 8. The van der Waals surface area contributed by atoms with Crippen LogP contribution in [0.25, 0.3) is 0 Å². The Bertz CT molecular complexity index is 713. The smallest absolute Gasteiger partial charge is 0.258 e. The molecule has 2 aromatic rings.